The lowest BCUT2D eigenvalue weighted by Gasteiger charge is -2.08. The Morgan fingerprint density at radius 1 is 1.00 bits per heavy atom. The van der Waals surface area contributed by atoms with Gasteiger partial charge in [0.2, 0.25) is 0 Å². The van der Waals surface area contributed by atoms with Crippen molar-refractivity contribution in [3.8, 4) is 17.1 Å². The normalized spacial score (nSPS) is 11.1. The number of nitrogens with zero attached hydrogens (tertiary/aromatic N) is 6. The fraction of sp³-hybridized carbons (Fsp3) is 0.0667. The first-order chi connectivity index (χ1) is 10.3. The van der Waals surface area contributed by atoms with Crippen LogP contribution in [0.15, 0.2) is 55.1 Å². The Morgan fingerprint density at radius 3 is 2.71 bits per heavy atom. The standard InChI is InChI=1S/C15H12N6/c1-20-12-3-2-4-13(14(12)18-19-20)21-10-9-17-15(21)11-5-7-16-8-6-11/h2-10H,1H3. The molecule has 0 amide bonds. The fourth-order valence-corrected chi connectivity index (χ4v) is 2.45. The van der Waals surface area contributed by atoms with E-state index in [1.807, 2.05) is 48.1 Å². The topological polar surface area (TPSA) is 61.4 Å². The van der Waals surface area contributed by atoms with Gasteiger partial charge in [0.25, 0.3) is 0 Å². The molecule has 3 aromatic heterocycles. The molecule has 0 aliphatic rings. The average molecular weight is 276 g/mol. The quantitative estimate of drug-likeness (QED) is 0.563. The van der Waals surface area contributed by atoms with E-state index in [1.165, 1.54) is 0 Å². The molecule has 0 atom stereocenters. The molecule has 4 rings (SSSR count). The Hall–Kier alpha value is -3.02. The molecular weight excluding hydrogens is 264 g/mol. The second-order valence-electron chi connectivity index (χ2n) is 4.71. The molecule has 0 bridgehead atoms. The molecule has 6 nitrogen and oxygen atoms in total. The van der Waals surface area contributed by atoms with E-state index in [-0.39, 0.29) is 0 Å². The second kappa shape index (κ2) is 4.52. The lowest BCUT2D eigenvalue weighted by atomic mass is 10.2. The highest BCUT2D eigenvalue weighted by Crippen LogP contribution is 2.25. The predicted octanol–water partition coefficient (Wildman–Crippen LogP) is 2.22. The highest BCUT2D eigenvalue weighted by atomic mass is 15.4. The number of pyridine rings is 1. The minimum atomic E-state index is 0.855. The first-order valence-corrected chi connectivity index (χ1v) is 6.57. The van der Waals surface area contributed by atoms with Crippen LogP contribution in [-0.2, 0) is 7.05 Å². The zero-order valence-electron chi connectivity index (χ0n) is 11.4. The number of aryl methyl sites for hydroxylation is 1. The first-order valence-electron chi connectivity index (χ1n) is 6.57. The molecule has 3 heterocycles. The van der Waals surface area contributed by atoms with Crippen molar-refractivity contribution in [2.45, 2.75) is 0 Å². The summed E-state index contributed by atoms with van der Waals surface area (Å²) in [6.07, 6.45) is 7.23. The number of imidazole rings is 1. The molecule has 0 saturated carbocycles. The third-order valence-corrected chi connectivity index (χ3v) is 3.46. The van der Waals surface area contributed by atoms with Crippen LogP contribution in [0.25, 0.3) is 28.1 Å². The van der Waals surface area contributed by atoms with Gasteiger partial charge in [-0.1, -0.05) is 11.3 Å². The average Bonchev–Trinajstić information content (AvgIpc) is 3.15. The second-order valence-corrected chi connectivity index (χ2v) is 4.71. The molecule has 0 radical (unpaired) electrons. The number of hydrogen-bond donors (Lipinski definition) is 0. The number of hydrogen-bond acceptors (Lipinski definition) is 4. The summed E-state index contributed by atoms with van der Waals surface area (Å²) in [5.41, 5.74) is 3.82. The van der Waals surface area contributed by atoms with Gasteiger partial charge in [-0.2, -0.15) is 0 Å². The van der Waals surface area contributed by atoms with Gasteiger partial charge < -0.3 is 0 Å². The Kier molecular flexibility index (Phi) is 2.53. The Labute approximate surface area is 120 Å². The summed E-state index contributed by atoms with van der Waals surface area (Å²) in [4.78, 5) is 8.50. The van der Waals surface area contributed by atoms with Crippen LogP contribution in [0.3, 0.4) is 0 Å². The molecule has 4 aromatic rings. The number of rotatable bonds is 2. The lowest BCUT2D eigenvalue weighted by Crippen LogP contribution is -1.97. The monoisotopic (exact) mass is 276 g/mol. The number of benzene rings is 1. The molecule has 0 saturated heterocycles. The van der Waals surface area contributed by atoms with Crippen LogP contribution in [-0.4, -0.2) is 29.5 Å². The zero-order valence-corrected chi connectivity index (χ0v) is 11.4. The molecule has 6 heteroatoms. The molecule has 0 N–H and O–H groups in total. The molecule has 0 spiro atoms. The van der Waals surface area contributed by atoms with Gasteiger partial charge in [-0.3, -0.25) is 9.55 Å². The molecule has 0 unspecified atom stereocenters. The summed E-state index contributed by atoms with van der Waals surface area (Å²) < 4.78 is 3.79. The van der Waals surface area contributed by atoms with E-state index in [0.29, 0.717) is 0 Å². The van der Waals surface area contributed by atoms with Crippen LogP contribution in [0.5, 0.6) is 0 Å². The lowest BCUT2D eigenvalue weighted by molar-refractivity contribution is 0.736. The van der Waals surface area contributed by atoms with Crippen molar-refractivity contribution in [2.24, 2.45) is 7.05 Å². The van der Waals surface area contributed by atoms with E-state index < -0.39 is 0 Å². The highest BCUT2D eigenvalue weighted by molar-refractivity contribution is 5.84. The zero-order chi connectivity index (χ0) is 14.2. The summed E-state index contributed by atoms with van der Waals surface area (Å²) in [6, 6.07) is 9.90. The van der Waals surface area contributed by atoms with E-state index in [0.717, 1.165) is 28.1 Å². The molecule has 102 valence electrons. The van der Waals surface area contributed by atoms with E-state index in [4.69, 9.17) is 0 Å². The largest absolute Gasteiger partial charge is 0.297 e. The number of fused-ring (bicyclic) bond motifs is 1. The molecule has 0 fully saturated rings. The Morgan fingerprint density at radius 2 is 1.86 bits per heavy atom. The van der Waals surface area contributed by atoms with Gasteiger partial charge in [0.05, 0.1) is 11.2 Å². The van der Waals surface area contributed by atoms with Crippen molar-refractivity contribution in [2.75, 3.05) is 0 Å². The van der Waals surface area contributed by atoms with E-state index in [2.05, 4.69) is 20.3 Å². The van der Waals surface area contributed by atoms with Crippen LogP contribution >= 0.6 is 0 Å². The minimum Gasteiger partial charge on any atom is -0.297 e. The van der Waals surface area contributed by atoms with Crippen LogP contribution < -0.4 is 0 Å². The molecule has 1 aromatic carbocycles. The molecule has 0 aliphatic carbocycles. The van der Waals surface area contributed by atoms with Gasteiger partial charge in [-0.05, 0) is 24.3 Å². The fourth-order valence-electron chi connectivity index (χ4n) is 2.45. The van der Waals surface area contributed by atoms with Crippen molar-refractivity contribution in [3.05, 3.63) is 55.1 Å². The highest BCUT2D eigenvalue weighted by Gasteiger charge is 2.12. The third-order valence-electron chi connectivity index (χ3n) is 3.46. The van der Waals surface area contributed by atoms with Crippen molar-refractivity contribution in [1.29, 1.82) is 0 Å². The van der Waals surface area contributed by atoms with Gasteiger partial charge >= 0.3 is 0 Å². The van der Waals surface area contributed by atoms with Gasteiger partial charge in [0.1, 0.15) is 11.3 Å². The van der Waals surface area contributed by atoms with Gasteiger partial charge in [0, 0.05) is 37.4 Å². The SMILES string of the molecule is Cn1nnc2c(-n3ccnc3-c3ccncc3)cccc21. The summed E-state index contributed by atoms with van der Waals surface area (Å²) in [7, 11) is 1.89. The molecule has 21 heavy (non-hydrogen) atoms. The van der Waals surface area contributed by atoms with Crippen LogP contribution in [0.4, 0.5) is 0 Å². The van der Waals surface area contributed by atoms with E-state index in [1.54, 1.807) is 23.3 Å². The predicted molar refractivity (Wildman–Crippen MR) is 78.9 cm³/mol. The molecule has 0 aliphatic heterocycles. The maximum absolute atomic E-state index is 4.46. The van der Waals surface area contributed by atoms with Gasteiger partial charge in [-0.15, -0.1) is 5.10 Å². The van der Waals surface area contributed by atoms with Crippen molar-refractivity contribution >= 4 is 11.0 Å². The summed E-state index contributed by atoms with van der Waals surface area (Å²) >= 11 is 0. The van der Waals surface area contributed by atoms with E-state index >= 15 is 0 Å². The summed E-state index contributed by atoms with van der Waals surface area (Å²) in [6.45, 7) is 0. The third kappa shape index (κ3) is 1.80. The summed E-state index contributed by atoms with van der Waals surface area (Å²) in [5.74, 6) is 0.857. The van der Waals surface area contributed by atoms with Crippen molar-refractivity contribution in [1.82, 2.24) is 29.5 Å². The summed E-state index contributed by atoms with van der Waals surface area (Å²) in [5, 5.41) is 8.35. The van der Waals surface area contributed by atoms with Gasteiger partial charge in [0.15, 0.2) is 0 Å². The van der Waals surface area contributed by atoms with Crippen molar-refractivity contribution in [3.63, 3.8) is 0 Å². The Balaban J connectivity index is 1.97. The maximum Gasteiger partial charge on any atom is 0.144 e. The Bertz CT molecular complexity index is 906. The van der Waals surface area contributed by atoms with Crippen LogP contribution in [0.1, 0.15) is 0 Å². The minimum absolute atomic E-state index is 0.855. The van der Waals surface area contributed by atoms with Crippen LogP contribution in [0.2, 0.25) is 0 Å². The van der Waals surface area contributed by atoms with Crippen molar-refractivity contribution < 1.29 is 0 Å². The molecular formula is C15H12N6. The first kappa shape index (κ1) is 11.8. The van der Waals surface area contributed by atoms with E-state index in [9.17, 15) is 0 Å². The smallest absolute Gasteiger partial charge is 0.144 e. The maximum atomic E-state index is 4.46. The number of aromatic nitrogens is 6. The van der Waals surface area contributed by atoms with Gasteiger partial charge in [-0.25, -0.2) is 9.67 Å². The van der Waals surface area contributed by atoms with Crippen LogP contribution in [0, 0.1) is 0 Å².